The number of nitrogens with one attached hydrogen (secondary N) is 1. The third-order valence-electron chi connectivity index (χ3n) is 4.75. The Bertz CT molecular complexity index is 732. The Morgan fingerprint density at radius 1 is 1.16 bits per heavy atom. The lowest BCUT2D eigenvalue weighted by Crippen LogP contribution is -2.32. The number of aliphatic hydroxyl groups excluding tert-OH is 1. The van der Waals surface area contributed by atoms with Crippen molar-refractivity contribution in [1.82, 2.24) is 10.2 Å². The van der Waals surface area contributed by atoms with Crippen LogP contribution in [0.5, 0.6) is 5.75 Å². The van der Waals surface area contributed by atoms with Crippen molar-refractivity contribution >= 4 is 5.91 Å². The quantitative estimate of drug-likeness (QED) is 0.754. The van der Waals surface area contributed by atoms with Gasteiger partial charge < -0.3 is 15.5 Å². The fourth-order valence-electron chi connectivity index (χ4n) is 3.34. The Kier molecular flexibility index (Phi) is 5.68. The summed E-state index contributed by atoms with van der Waals surface area (Å²) in [4.78, 5) is 14.6. The van der Waals surface area contributed by atoms with Crippen molar-refractivity contribution in [3.63, 3.8) is 0 Å². The summed E-state index contributed by atoms with van der Waals surface area (Å²) in [6, 6.07) is 14.6. The van der Waals surface area contributed by atoms with Crippen LogP contribution in [0.15, 0.2) is 48.5 Å². The maximum Gasteiger partial charge on any atom is 0.251 e. The second kappa shape index (κ2) is 8.14. The number of hydrogen-bond acceptors (Lipinski definition) is 4. The lowest BCUT2D eigenvalue weighted by molar-refractivity contribution is 0.0950. The zero-order valence-electron chi connectivity index (χ0n) is 14.2. The fraction of sp³-hybridized carbons (Fsp3) is 0.350. The molecule has 1 aliphatic rings. The lowest BCUT2D eigenvalue weighted by Gasteiger charge is -2.24. The molecule has 0 aliphatic carbocycles. The summed E-state index contributed by atoms with van der Waals surface area (Å²) in [5.74, 6) is -0.128. The highest BCUT2D eigenvalue weighted by Gasteiger charge is 2.24. The Balaban J connectivity index is 1.66. The van der Waals surface area contributed by atoms with Crippen LogP contribution < -0.4 is 5.32 Å². The van der Waals surface area contributed by atoms with Gasteiger partial charge in [0.2, 0.25) is 0 Å². The van der Waals surface area contributed by atoms with Crippen molar-refractivity contribution in [3.05, 3.63) is 65.2 Å². The predicted octanol–water partition coefficient (Wildman–Crippen LogP) is 2.28. The van der Waals surface area contributed by atoms with Crippen molar-refractivity contribution in [3.8, 4) is 5.75 Å². The zero-order chi connectivity index (χ0) is 17.6. The van der Waals surface area contributed by atoms with Gasteiger partial charge in [0.1, 0.15) is 5.75 Å². The van der Waals surface area contributed by atoms with E-state index in [1.54, 1.807) is 18.2 Å². The Morgan fingerprint density at radius 3 is 2.72 bits per heavy atom. The largest absolute Gasteiger partial charge is 0.508 e. The summed E-state index contributed by atoms with van der Waals surface area (Å²) in [5.41, 5.74) is 2.68. The first-order valence-electron chi connectivity index (χ1n) is 8.66. The highest BCUT2D eigenvalue weighted by atomic mass is 16.3. The number of carbonyl (C=O) groups excluding carboxylic acids is 1. The van der Waals surface area contributed by atoms with Gasteiger partial charge in [0.25, 0.3) is 5.91 Å². The molecule has 1 heterocycles. The topological polar surface area (TPSA) is 72.8 Å². The molecule has 132 valence electrons. The monoisotopic (exact) mass is 340 g/mol. The van der Waals surface area contributed by atoms with Crippen LogP contribution in [0.2, 0.25) is 0 Å². The molecule has 5 nitrogen and oxygen atoms in total. The minimum Gasteiger partial charge on any atom is -0.508 e. The molecule has 0 radical (unpaired) electrons. The SMILES string of the molecule is O=C(NCc1ccccc1CN1CCCC1CO)c1cccc(O)c1. The van der Waals surface area contributed by atoms with E-state index in [0.29, 0.717) is 12.1 Å². The van der Waals surface area contributed by atoms with E-state index in [9.17, 15) is 15.0 Å². The van der Waals surface area contributed by atoms with Gasteiger partial charge in [-0.15, -0.1) is 0 Å². The van der Waals surface area contributed by atoms with Gasteiger partial charge in [-0.2, -0.15) is 0 Å². The van der Waals surface area contributed by atoms with Gasteiger partial charge in [-0.25, -0.2) is 0 Å². The fourth-order valence-corrected chi connectivity index (χ4v) is 3.34. The predicted molar refractivity (Wildman–Crippen MR) is 96.2 cm³/mol. The summed E-state index contributed by atoms with van der Waals surface area (Å²) in [5, 5.41) is 21.9. The summed E-state index contributed by atoms with van der Waals surface area (Å²) in [6.45, 7) is 2.40. The number of nitrogens with zero attached hydrogens (tertiary/aromatic N) is 1. The number of phenols is 1. The van der Waals surface area contributed by atoms with Gasteiger partial charge in [-0.3, -0.25) is 9.69 Å². The van der Waals surface area contributed by atoms with Crippen LogP contribution in [0, 0.1) is 0 Å². The molecule has 3 rings (SSSR count). The van der Waals surface area contributed by atoms with E-state index in [2.05, 4.69) is 16.3 Å². The Morgan fingerprint density at radius 2 is 1.96 bits per heavy atom. The van der Waals surface area contributed by atoms with Gasteiger partial charge in [0.15, 0.2) is 0 Å². The number of benzene rings is 2. The van der Waals surface area contributed by atoms with Crippen LogP contribution in [0.25, 0.3) is 0 Å². The molecule has 1 atom stereocenters. The number of phenolic OH excluding ortho intramolecular Hbond substituents is 1. The van der Waals surface area contributed by atoms with Crippen molar-refractivity contribution < 1.29 is 15.0 Å². The number of aliphatic hydroxyl groups is 1. The first kappa shape index (κ1) is 17.5. The number of likely N-dealkylation sites (tertiary alicyclic amines) is 1. The molecule has 25 heavy (non-hydrogen) atoms. The molecule has 3 N–H and O–H groups in total. The van der Waals surface area contributed by atoms with E-state index >= 15 is 0 Å². The van der Waals surface area contributed by atoms with Crippen LogP contribution in [0.4, 0.5) is 0 Å². The van der Waals surface area contributed by atoms with E-state index < -0.39 is 0 Å². The molecule has 5 heteroatoms. The van der Waals surface area contributed by atoms with Crippen molar-refractivity contribution in [2.45, 2.75) is 32.0 Å². The number of carbonyl (C=O) groups is 1. The highest BCUT2D eigenvalue weighted by molar-refractivity contribution is 5.94. The van der Waals surface area contributed by atoms with Crippen molar-refractivity contribution in [2.24, 2.45) is 0 Å². The summed E-state index contributed by atoms with van der Waals surface area (Å²) >= 11 is 0. The van der Waals surface area contributed by atoms with Gasteiger partial charge in [0.05, 0.1) is 6.61 Å². The molecule has 1 fully saturated rings. The summed E-state index contributed by atoms with van der Waals surface area (Å²) < 4.78 is 0. The first-order chi connectivity index (χ1) is 12.2. The van der Waals surface area contributed by atoms with E-state index in [-0.39, 0.29) is 24.3 Å². The smallest absolute Gasteiger partial charge is 0.251 e. The average Bonchev–Trinajstić information content (AvgIpc) is 3.08. The second-order valence-corrected chi connectivity index (χ2v) is 6.45. The van der Waals surface area contributed by atoms with Crippen LogP contribution in [-0.4, -0.2) is 40.2 Å². The van der Waals surface area contributed by atoms with Crippen LogP contribution in [-0.2, 0) is 13.1 Å². The summed E-state index contributed by atoms with van der Waals surface area (Å²) in [7, 11) is 0. The number of rotatable bonds is 6. The van der Waals surface area contributed by atoms with E-state index in [4.69, 9.17) is 0 Å². The summed E-state index contributed by atoms with van der Waals surface area (Å²) in [6.07, 6.45) is 2.15. The molecule has 1 aliphatic heterocycles. The Labute approximate surface area is 147 Å². The third kappa shape index (κ3) is 4.38. The van der Waals surface area contributed by atoms with Crippen molar-refractivity contribution in [2.75, 3.05) is 13.2 Å². The van der Waals surface area contributed by atoms with E-state index in [1.807, 2.05) is 18.2 Å². The number of aromatic hydroxyl groups is 1. The molecule has 1 amide bonds. The maximum atomic E-state index is 12.3. The van der Waals surface area contributed by atoms with E-state index in [1.165, 1.54) is 11.6 Å². The van der Waals surface area contributed by atoms with Crippen molar-refractivity contribution in [1.29, 1.82) is 0 Å². The standard InChI is InChI=1S/C20H24N2O3/c23-14-18-8-4-10-22(18)13-17-6-2-1-5-16(17)12-21-20(25)15-7-3-9-19(24)11-15/h1-3,5-7,9,11,18,23-24H,4,8,10,12-14H2,(H,21,25). The van der Waals surface area contributed by atoms with Crippen LogP contribution in [0.3, 0.4) is 0 Å². The molecular weight excluding hydrogens is 316 g/mol. The molecule has 0 aromatic heterocycles. The van der Waals surface area contributed by atoms with Crippen LogP contribution >= 0.6 is 0 Å². The first-order valence-corrected chi connectivity index (χ1v) is 8.66. The molecule has 0 bridgehead atoms. The zero-order valence-corrected chi connectivity index (χ0v) is 14.2. The second-order valence-electron chi connectivity index (χ2n) is 6.45. The molecule has 2 aromatic rings. The molecule has 0 spiro atoms. The highest BCUT2D eigenvalue weighted by Crippen LogP contribution is 2.21. The Hall–Kier alpha value is -2.37. The average molecular weight is 340 g/mol. The number of hydrogen-bond donors (Lipinski definition) is 3. The van der Waals surface area contributed by atoms with E-state index in [0.717, 1.165) is 31.5 Å². The normalized spacial score (nSPS) is 17.6. The van der Waals surface area contributed by atoms with Gasteiger partial charge >= 0.3 is 0 Å². The maximum absolute atomic E-state index is 12.3. The van der Waals surface area contributed by atoms with Gasteiger partial charge in [-0.05, 0) is 48.7 Å². The molecule has 1 unspecified atom stereocenters. The number of amides is 1. The molecule has 0 saturated carbocycles. The lowest BCUT2D eigenvalue weighted by atomic mass is 10.1. The molecule has 1 saturated heterocycles. The molecule has 2 aromatic carbocycles. The van der Waals surface area contributed by atoms with Gasteiger partial charge in [-0.1, -0.05) is 30.3 Å². The third-order valence-corrected chi connectivity index (χ3v) is 4.75. The minimum absolute atomic E-state index is 0.0807. The van der Waals surface area contributed by atoms with Crippen LogP contribution in [0.1, 0.15) is 34.3 Å². The van der Waals surface area contributed by atoms with Gasteiger partial charge in [0, 0.05) is 24.7 Å². The minimum atomic E-state index is -0.208. The molecular formula is C20H24N2O3.